The number of esters is 2. The zero-order valence-corrected chi connectivity index (χ0v) is 31.0. The van der Waals surface area contributed by atoms with Gasteiger partial charge in [-0.15, -0.1) is 0 Å². The largest absolute Gasteiger partial charge is 0.478 e. The van der Waals surface area contributed by atoms with Crippen molar-refractivity contribution in [1.29, 1.82) is 0 Å². The summed E-state index contributed by atoms with van der Waals surface area (Å²) in [5.74, 6) is -5.40. The molecule has 4 rings (SSSR count). The molecule has 39 heavy (non-hydrogen) atoms. The van der Waals surface area contributed by atoms with E-state index in [1.54, 1.807) is 0 Å². The first-order valence-electron chi connectivity index (χ1n) is 9.99. The zero-order valence-electron chi connectivity index (χ0n) is 18.3. The second kappa shape index (κ2) is 11.9. The van der Waals surface area contributed by atoms with Gasteiger partial charge in [-0.3, -0.25) is 0 Å². The fourth-order valence-electron chi connectivity index (χ4n) is 3.67. The minimum atomic E-state index is -1.43. The molecule has 4 aromatic carbocycles. The predicted octanol–water partition coefficient (Wildman–Crippen LogP) is 10.5. The Morgan fingerprint density at radius 3 is 0.897 bits per heavy atom. The lowest BCUT2D eigenvalue weighted by molar-refractivity contribution is 0.0387. The van der Waals surface area contributed by atoms with Crippen LogP contribution in [0.1, 0.15) is 41.4 Å². The number of hydrogen-bond acceptors (Lipinski definition) is 5. The number of halogens is 8. The van der Waals surface area contributed by atoms with E-state index < -0.39 is 46.1 Å². The minimum Gasteiger partial charge on any atom is -0.478 e. The highest BCUT2D eigenvalue weighted by molar-refractivity contribution is 9.15. The number of carboxylic acid groups (broad SMARTS) is 2. The Hall–Kier alpha value is -0.680. The second-order valence-electron chi connectivity index (χ2n) is 7.69. The fraction of sp³-hybridized carbons (Fsp3) is 0. The Kier molecular flexibility index (Phi) is 9.54. The van der Waals surface area contributed by atoms with Crippen LogP contribution in [0.4, 0.5) is 0 Å². The van der Waals surface area contributed by atoms with Crippen molar-refractivity contribution < 1.29 is 34.1 Å². The molecule has 0 fully saturated rings. The Labute approximate surface area is 286 Å². The highest BCUT2D eigenvalue weighted by atomic mass is 79.9. The van der Waals surface area contributed by atoms with Gasteiger partial charge in [0.05, 0.1) is 22.3 Å². The maximum atomic E-state index is 13.2. The standard InChI is InChI=1S/C24H6Br8O7/c25-13-5-1-9(21(33)34)11(3-7(5)15(27)19(31)17(13)29)23(37)39-24(38)12-4-8-6(2-10(12)22(35)36)14(26)18(30)20(32)16(8)28/h1-4H,(H,33,34)(H,35,36). The molecular weight excluding hydrogens is 1040 g/mol. The van der Waals surface area contributed by atoms with Crippen molar-refractivity contribution in [2.45, 2.75) is 0 Å². The molecule has 0 aliphatic rings. The lowest BCUT2D eigenvalue weighted by Crippen LogP contribution is -2.18. The van der Waals surface area contributed by atoms with Gasteiger partial charge >= 0.3 is 23.9 Å². The third-order valence-electron chi connectivity index (χ3n) is 5.50. The third kappa shape index (κ3) is 5.58. The summed E-state index contributed by atoms with van der Waals surface area (Å²) in [4.78, 5) is 50.5. The molecule has 0 saturated carbocycles. The van der Waals surface area contributed by atoms with E-state index in [9.17, 15) is 29.4 Å². The number of fused-ring (bicyclic) bond motifs is 2. The molecule has 200 valence electrons. The molecular formula is C24H6Br8O7. The van der Waals surface area contributed by atoms with Crippen LogP contribution < -0.4 is 0 Å². The van der Waals surface area contributed by atoms with Crippen LogP contribution in [0.25, 0.3) is 21.5 Å². The van der Waals surface area contributed by atoms with Crippen molar-refractivity contribution in [3.05, 3.63) is 82.3 Å². The average Bonchev–Trinajstić information content (AvgIpc) is 2.90. The summed E-state index contributed by atoms with van der Waals surface area (Å²) < 4.78 is 9.54. The molecule has 0 radical (unpaired) electrons. The van der Waals surface area contributed by atoms with Crippen molar-refractivity contribution >= 4 is 173 Å². The number of carbonyl (C=O) groups is 4. The fourth-order valence-corrected chi connectivity index (χ4v) is 8.49. The second-order valence-corrected chi connectivity index (χ2v) is 14.0. The summed E-state index contributed by atoms with van der Waals surface area (Å²) in [7, 11) is 0. The molecule has 0 aliphatic heterocycles. The van der Waals surface area contributed by atoms with Crippen molar-refractivity contribution in [2.75, 3.05) is 0 Å². The Morgan fingerprint density at radius 1 is 0.436 bits per heavy atom. The van der Waals surface area contributed by atoms with Gasteiger partial charge in [0, 0.05) is 35.8 Å². The van der Waals surface area contributed by atoms with Crippen molar-refractivity contribution in [3.8, 4) is 0 Å². The van der Waals surface area contributed by atoms with E-state index >= 15 is 0 Å². The summed E-state index contributed by atoms with van der Waals surface area (Å²) in [6, 6.07) is 5.10. The van der Waals surface area contributed by atoms with Crippen LogP contribution >= 0.6 is 127 Å². The lowest BCUT2D eigenvalue weighted by atomic mass is 10.00. The van der Waals surface area contributed by atoms with Crippen LogP contribution in [0.15, 0.2) is 60.0 Å². The van der Waals surface area contributed by atoms with E-state index in [2.05, 4.69) is 127 Å². The van der Waals surface area contributed by atoms with Crippen LogP contribution in [0.2, 0.25) is 0 Å². The topological polar surface area (TPSA) is 118 Å². The van der Waals surface area contributed by atoms with Crippen molar-refractivity contribution in [3.63, 3.8) is 0 Å². The summed E-state index contributed by atoms with van der Waals surface area (Å²) in [5, 5.41) is 21.4. The van der Waals surface area contributed by atoms with Gasteiger partial charge in [-0.25, -0.2) is 19.2 Å². The van der Waals surface area contributed by atoms with E-state index in [4.69, 9.17) is 4.74 Å². The third-order valence-corrected chi connectivity index (χ3v) is 15.2. The maximum Gasteiger partial charge on any atom is 0.346 e. The molecule has 4 aromatic rings. The first-order valence-corrected chi connectivity index (χ1v) is 16.3. The molecule has 0 aromatic heterocycles. The van der Waals surface area contributed by atoms with Crippen LogP contribution in [0.5, 0.6) is 0 Å². The number of hydrogen-bond donors (Lipinski definition) is 2. The summed E-state index contributed by atoms with van der Waals surface area (Å²) in [6.07, 6.45) is 0. The summed E-state index contributed by atoms with van der Waals surface area (Å²) >= 11 is 27.3. The van der Waals surface area contributed by atoms with Crippen molar-refractivity contribution in [2.24, 2.45) is 0 Å². The van der Waals surface area contributed by atoms with Gasteiger partial charge < -0.3 is 14.9 Å². The number of ether oxygens (including phenoxy) is 1. The van der Waals surface area contributed by atoms with Gasteiger partial charge in [0.15, 0.2) is 0 Å². The normalized spacial score (nSPS) is 11.2. The van der Waals surface area contributed by atoms with E-state index in [0.29, 0.717) is 57.3 Å². The van der Waals surface area contributed by atoms with Crippen LogP contribution in [0.3, 0.4) is 0 Å². The number of carbonyl (C=O) groups excluding carboxylic acids is 2. The highest BCUT2D eigenvalue weighted by Gasteiger charge is 2.28. The smallest absolute Gasteiger partial charge is 0.346 e. The SMILES string of the molecule is O=C(O)c1cc2c(Br)c(Br)c(Br)c(Br)c2cc1C(=O)OC(=O)c1cc2c(Br)c(Br)c(Br)c(Br)c2cc1C(=O)O. The predicted molar refractivity (Wildman–Crippen MR) is 173 cm³/mol. The highest BCUT2D eigenvalue weighted by Crippen LogP contribution is 2.45. The molecule has 2 N–H and O–H groups in total. The molecule has 7 nitrogen and oxygen atoms in total. The minimum absolute atomic E-state index is 0.404. The van der Waals surface area contributed by atoms with Gasteiger partial charge in [-0.1, -0.05) is 0 Å². The van der Waals surface area contributed by atoms with E-state index in [0.717, 1.165) is 0 Å². The number of rotatable bonds is 4. The molecule has 0 saturated heterocycles. The zero-order chi connectivity index (χ0) is 29.1. The van der Waals surface area contributed by atoms with Crippen LogP contribution in [-0.4, -0.2) is 34.1 Å². The Balaban J connectivity index is 1.87. The van der Waals surface area contributed by atoms with Gasteiger partial charge in [0.2, 0.25) is 0 Å². The van der Waals surface area contributed by atoms with Crippen LogP contribution in [-0.2, 0) is 4.74 Å². The lowest BCUT2D eigenvalue weighted by Gasteiger charge is -2.14. The molecule has 0 aliphatic carbocycles. The quantitative estimate of drug-likeness (QED) is 0.0905. The van der Waals surface area contributed by atoms with Gasteiger partial charge in [0.25, 0.3) is 0 Å². The molecule has 0 amide bonds. The molecule has 15 heteroatoms. The monoisotopic (exact) mass is 1040 g/mol. The summed E-state index contributed by atoms with van der Waals surface area (Å²) in [6.45, 7) is 0. The maximum absolute atomic E-state index is 13.2. The van der Waals surface area contributed by atoms with Gasteiger partial charge in [0.1, 0.15) is 0 Å². The first kappa shape index (κ1) is 31.3. The molecule has 0 atom stereocenters. The van der Waals surface area contributed by atoms with E-state index in [1.807, 2.05) is 0 Å². The van der Waals surface area contributed by atoms with Crippen molar-refractivity contribution in [1.82, 2.24) is 0 Å². The van der Waals surface area contributed by atoms with E-state index in [-0.39, 0.29) is 0 Å². The Bertz CT molecular complexity index is 1690. The Morgan fingerprint density at radius 2 is 0.667 bits per heavy atom. The van der Waals surface area contributed by atoms with E-state index in [1.165, 1.54) is 24.3 Å². The first-order chi connectivity index (χ1) is 18.2. The molecule has 0 spiro atoms. The van der Waals surface area contributed by atoms with Crippen LogP contribution in [0, 0.1) is 0 Å². The molecule has 0 heterocycles. The number of carboxylic acids is 2. The molecule has 0 bridgehead atoms. The summed E-state index contributed by atoms with van der Waals surface area (Å²) in [5.41, 5.74) is -1.64. The number of benzene rings is 4. The van der Waals surface area contributed by atoms with Gasteiger partial charge in [-0.05, 0) is 173 Å². The molecule has 0 unspecified atom stereocenters. The number of aromatic carboxylic acids is 2. The average molecular weight is 1050 g/mol. The van der Waals surface area contributed by atoms with Gasteiger partial charge in [-0.2, -0.15) is 0 Å².